The molecule has 1 amide bonds. The van der Waals surface area contributed by atoms with Crippen LogP contribution < -0.4 is 9.47 Å². The first-order valence-electron chi connectivity index (χ1n) is 6.88. The van der Waals surface area contributed by atoms with Gasteiger partial charge in [-0.1, -0.05) is 6.07 Å². The fourth-order valence-electron chi connectivity index (χ4n) is 2.50. The Balaban J connectivity index is 1.90. The van der Waals surface area contributed by atoms with Crippen molar-refractivity contribution in [1.29, 1.82) is 0 Å². The monoisotopic (exact) mass is 293 g/mol. The summed E-state index contributed by atoms with van der Waals surface area (Å²) in [6.07, 6.45) is 1.56. The highest BCUT2D eigenvalue weighted by Gasteiger charge is 2.30. The molecule has 1 heterocycles. The zero-order valence-corrected chi connectivity index (χ0v) is 11.9. The summed E-state index contributed by atoms with van der Waals surface area (Å²) in [7, 11) is 1.56. The average Bonchev–Trinajstić information content (AvgIpc) is 2.92. The number of benzene rings is 1. The van der Waals surface area contributed by atoms with E-state index in [9.17, 15) is 9.59 Å². The summed E-state index contributed by atoms with van der Waals surface area (Å²) in [5.41, 5.74) is 0. The summed E-state index contributed by atoms with van der Waals surface area (Å²) in [5.74, 6) is 0.150. The molecule has 21 heavy (non-hydrogen) atoms. The quantitative estimate of drug-likeness (QED) is 0.861. The second-order valence-electron chi connectivity index (χ2n) is 4.95. The van der Waals surface area contributed by atoms with Gasteiger partial charge < -0.3 is 19.5 Å². The van der Waals surface area contributed by atoms with Crippen LogP contribution in [0.2, 0.25) is 0 Å². The molecule has 1 saturated heterocycles. The van der Waals surface area contributed by atoms with E-state index in [1.165, 1.54) is 0 Å². The summed E-state index contributed by atoms with van der Waals surface area (Å²) < 4.78 is 10.5. The molecule has 1 aromatic rings. The van der Waals surface area contributed by atoms with Crippen LogP contribution in [0.15, 0.2) is 24.3 Å². The molecule has 1 fully saturated rings. The minimum atomic E-state index is -0.881. The van der Waals surface area contributed by atoms with Crippen molar-refractivity contribution < 1.29 is 24.2 Å². The third-order valence-electron chi connectivity index (χ3n) is 3.51. The van der Waals surface area contributed by atoms with Crippen molar-refractivity contribution in [3.05, 3.63) is 24.3 Å². The Bertz CT molecular complexity index is 517. The van der Waals surface area contributed by atoms with Gasteiger partial charge in [-0.25, -0.2) is 0 Å². The van der Waals surface area contributed by atoms with E-state index in [-0.39, 0.29) is 25.0 Å². The predicted octanol–water partition coefficient (Wildman–Crippen LogP) is 1.54. The smallest absolute Gasteiger partial charge is 0.305 e. The zero-order chi connectivity index (χ0) is 15.2. The van der Waals surface area contributed by atoms with Gasteiger partial charge in [0, 0.05) is 18.7 Å². The lowest BCUT2D eigenvalue weighted by atomic mass is 10.1. The van der Waals surface area contributed by atoms with Gasteiger partial charge in [0.15, 0.2) is 6.61 Å². The van der Waals surface area contributed by atoms with Gasteiger partial charge in [-0.2, -0.15) is 0 Å². The predicted molar refractivity (Wildman–Crippen MR) is 75.5 cm³/mol. The molecule has 0 radical (unpaired) electrons. The molecule has 0 saturated carbocycles. The number of hydrogen-bond donors (Lipinski definition) is 1. The second-order valence-corrected chi connectivity index (χ2v) is 4.95. The van der Waals surface area contributed by atoms with E-state index in [1.807, 2.05) is 0 Å². The number of carboxylic acids is 1. The molecule has 0 aromatic heterocycles. The molecular formula is C15H19NO5. The maximum atomic E-state index is 12.1. The van der Waals surface area contributed by atoms with Crippen molar-refractivity contribution in [3.63, 3.8) is 0 Å². The van der Waals surface area contributed by atoms with Crippen LogP contribution in [0, 0.1) is 0 Å². The summed E-state index contributed by atoms with van der Waals surface area (Å²) >= 11 is 0. The molecule has 0 aliphatic carbocycles. The van der Waals surface area contributed by atoms with Crippen LogP contribution >= 0.6 is 0 Å². The number of aliphatic carboxylic acids is 1. The van der Waals surface area contributed by atoms with Crippen LogP contribution in [0.25, 0.3) is 0 Å². The van der Waals surface area contributed by atoms with E-state index in [1.54, 1.807) is 36.3 Å². The van der Waals surface area contributed by atoms with E-state index in [0.717, 1.165) is 12.8 Å². The Labute approximate surface area is 123 Å². The van der Waals surface area contributed by atoms with Crippen molar-refractivity contribution in [2.24, 2.45) is 0 Å². The summed E-state index contributed by atoms with van der Waals surface area (Å²) in [5, 5.41) is 8.86. The molecule has 1 N–H and O–H groups in total. The van der Waals surface area contributed by atoms with Crippen LogP contribution in [-0.2, 0) is 9.59 Å². The molecule has 2 rings (SSSR count). The zero-order valence-electron chi connectivity index (χ0n) is 11.9. The minimum absolute atomic E-state index is 0.00903. The van der Waals surface area contributed by atoms with Crippen molar-refractivity contribution in [1.82, 2.24) is 4.90 Å². The number of carbonyl (C=O) groups excluding carboxylic acids is 1. The minimum Gasteiger partial charge on any atom is -0.497 e. The van der Waals surface area contributed by atoms with Gasteiger partial charge in [-0.15, -0.1) is 0 Å². The fourth-order valence-corrected chi connectivity index (χ4v) is 2.50. The number of carboxylic acid groups (broad SMARTS) is 1. The molecule has 1 aliphatic heterocycles. The summed E-state index contributed by atoms with van der Waals surface area (Å²) in [6.45, 7) is 0.502. The Hall–Kier alpha value is -2.24. The van der Waals surface area contributed by atoms with Gasteiger partial charge in [-0.05, 0) is 25.0 Å². The largest absolute Gasteiger partial charge is 0.497 e. The topological polar surface area (TPSA) is 76.1 Å². The van der Waals surface area contributed by atoms with Gasteiger partial charge in [0.05, 0.1) is 13.5 Å². The first kappa shape index (κ1) is 15.2. The van der Waals surface area contributed by atoms with Gasteiger partial charge >= 0.3 is 5.97 Å². The Kier molecular flexibility index (Phi) is 5.03. The van der Waals surface area contributed by atoms with Gasteiger partial charge in [-0.3, -0.25) is 9.59 Å². The van der Waals surface area contributed by atoms with Crippen LogP contribution in [-0.4, -0.2) is 48.2 Å². The molecule has 6 nitrogen and oxygen atoms in total. The molecule has 6 heteroatoms. The van der Waals surface area contributed by atoms with Crippen molar-refractivity contribution in [2.75, 3.05) is 20.3 Å². The van der Waals surface area contributed by atoms with E-state index in [4.69, 9.17) is 14.6 Å². The lowest BCUT2D eigenvalue weighted by Crippen LogP contribution is -2.39. The normalized spacial score (nSPS) is 17.6. The Morgan fingerprint density at radius 1 is 1.38 bits per heavy atom. The number of hydrogen-bond acceptors (Lipinski definition) is 4. The summed E-state index contributed by atoms with van der Waals surface area (Å²) in [6, 6.07) is 6.80. The number of carbonyl (C=O) groups is 2. The number of rotatable bonds is 6. The molecule has 0 bridgehead atoms. The highest BCUT2D eigenvalue weighted by atomic mass is 16.5. The highest BCUT2D eigenvalue weighted by Crippen LogP contribution is 2.22. The molecule has 1 aliphatic rings. The highest BCUT2D eigenvalue weighted by molar-refractivity contribution is 5.79. The Morgan fingerprint density at radius 3 is 2.86 bits per heavy atom. The number of nitrogens with zero attached hydrogens (tertiary/aromatic N) is 1. The van der Waals surface area contributed by atoms with E-state index in [0.29, 0.717) is 18.0 Å². The molecule has 0 unspecified atom stereocenters. The van der Waals surface area contributed by atoms with Crippen molar-refractivity contribution in [2.45, 2.75) is 25.3 Å². The first-order valence-corrected chi connectivity index (χ1v) is 6.88. The third kappa shape index (κ3) is 4.11. The Morgan fingerprint density at radius 2 is 2.14 bits per heavy atom. The maximum Gasteiger partial charge on any atom is 0.305 e. The number of likely N-dealkylation sites (tertiary alicyclic amines) is 1. The van der Waals surface area contributed by atoms with E-state index in [2.05, 4.69) is 0 Å². The molecule has 0 spiro atoms. The van der Waals surface area contributed by atoms with Crippen LogP contribution in [0.4, 0.5) is 0 Å². The average molecular weight is 293 g/mol. The van der Waals surface area contributed by atoms with Crippen LogP contribution in [0.1, 0.15) is 19.3 Å². The van der Waals surface area contributed by atoms with Gasteiger partial charge in [0.2, 0.25) is 0 Å². The molecular weight excluding hydrogens is 274 g/mol. The van der Waals surface area contributed by atoms with Crippen molar-refractivity contribution >= 4 is 11.9 Å². The number of ether oxygens (including phenoxy) is 2. The van der Waals surface area contributed by atoms with E-state index >= 15 is 0 Å². The maximum absolute atomic E-state index is 12.1. The first-order chi connectivity index (χ1) is 10.1. The van der Waals surface area contributed by atoms with E-state index < -0.39 is 5.97 Å². The standard InChI is InChI=1S/C15H19NO5/c1-20-12-5-2-6-13(9-12)21-10-14(17)16-7-3-4-11(16)8-15(18)19/h2,5-6,9,11H,3-4,7-8,10H2,1H3,(H,18,19)/t11-/m1/s1. The van der Waals surface area contributed by atoms with Crippen LogP contribution in [0.3, 0.4) is 0 Å². The lowest BCUT2D eigenvalue weighted by molar-refractivity contribution is -0.140. The third-order valence-corrected chi connectivity index (χ3v) is 3.51. The second kappa shape index (κ2) is 6.97. The van der Waals surface area contributed by atoms with Gasteiger partial charge in [0.1, 0.15) is 11.5 Å². The number of methoxy groups -OCH3 is 1. The fraction of sp³-hybridized carbons (Fsp3) is 0.467. The van der Waals surface area contributed by atoms with Crippen molar-refractivity contribution in [3.8, 4) is 11.5 Å². The SMILES string of the molecule is COc1cccc(OCC(=O)N2CCC[C@@H]2CC(=O)O)c1. The molecule has 1 aromatic carbocycles. The molecule has 1 atom stereocenters. The summed E-state index contributed by atoms with van der Waals surface area (Å²) in [4.78, 5) is 24.5. The molecule has 114 valence electrons. The van der Waals surface area contributed by atoms with Gasteiger partial charge in [0.25, 0.3) is 5.91 Å². The number of amides is 1. The lowest BCUT2D eigenvalue weighted by Gasteiger charge is -2.23. The van der Waals surface area contributed by atoms with Crippen LogP contribution in [0.5, 0.6) is 11.5 Å².